The molecule has 0 aliphatic carbocycles. The number of aromatic hydroxyl groups is 1. The predicted molar refractivity (Wildman–Crippen MR) is 49.9 cm³/mol. The maximum Gasteiger partial charge on any atom is 0.334 e. The van der Waals surface area contributed by atoms with Crippen molar-refractivity contribution < 1.29 is 19.8 Å². The second kappa shape index (κ2) is 4.41. The van der Waals surface area contributed by atoms with Crippen LogP contribution in [0.15, 0.2) is 18.2 Å². The van der Waals surface area contributed by atoms with E-state index in [1.165, 1.54) is 12.1 Å². The van der Waals surface area contributed by atoms with Crippen LogP contribution in [0.2, 0.25) is 0 Å². The third kappa shape index (κ3) is 2.67. The van der Waals surface area contributed by atoms with E-state index in [-0.39, 0.29) is 11.3 Å². The quantitative estimate of drug-likeness (QED) is 0.601. The van der Waals surface area contributed by atoms with Crippen LogP contribution in [0.1, 0.15) is 22.8 Å². The molecule has 0 heterocycles. The molecule has 0 radical (unpaired) electrons. The summed E-state index contributed by atoms with van der Waals surface area (Å²) < 4.78 is 0. The van der Waals surface area contributed by atoms with Gasteiger partial charge in [-0.05, 0) is 24.1 Å². The van der Waals surface area contributed by atoms with E-state index < -0.39 is 11.1 Å². The fraction of sp³-hybridized carbons (Fsp3) is 0.222. The van der Waals surface area contributed by atoms with Crippen molar-refractivity contribution >= 4 is 5.97 Å². The van der Waals surface area contributed by atoms with Gasteiger partial charge in [0.25, 0.3) is 0 Å². The van der Waals surface area contributed by atoms with Gasteiger partial charge < -0.3 is 5.11 Å². The molecule has 15 heavy (non-hydrogen) atoms. The summed E-state index contributed by atoms with van der Waals surface area (Å²) in [6, 6.07) is 4.03. The van der Waals surface area contributed by atoms with E-state index in [2.05, 4.69) is 4.84 Å². The van der Waals surface area contributed by atoms with Crippen LogP contribution >= 0.6 is 0 Å². The van der Waals surface area contributed by atoms with E-state index in [1.54, 1.807) is 0 Å². The number of aryl methyl sites for hydroxylation is 1. The molecule has 0 spiro atoms. The molecule has 1 aromatic rings. The monoisotopic (exact) mass is 211 g/mol. The van der Waals surface area contributed by atoms with Crippen LogP contribution < -0.4 is 0 Å². The van der Waals surface area contributed by atoms with Crippen molar-refractivity contribution in [2.24, 2.45) is 0 Å². The van der Waals surface area contributed by atoms with Gasteiger partial charge in [0.2, 0.25) is 0 Å². The molecule has 6 heteroatoms. The van der Waals surface area contributed by atoms with Crippen molar-refractivity contribution in [1.82, 2.24) is 0 Å². The van der Waals surface area contributed by atoms with Gasteiger partial charge in [-0.2, -0.15) is 0 Å². The van der Waals surface area contributed by atoms with Crippen LogP contribution in [0.5, 0.6) is 5.75 Å². The summed E-state index contributed by atoms with van der Waals surface area (Å²) in [6.45, 7) is 1.84. The Morgan fingerprint density at radius 1 is 1.60 bits per heavy atom. The second-order valence-corrected chi connectivity index (χ2v) is 2.80. The molecule has 0 aliphatic rings. The normalized spacial score (nSPS) is 9.67. The number of hydrogen-bond donors (Lipinski definition) is 1. The van der Waals surface area contributed by atoms with E-state index in [9.17, 15) is 20.0 Å². The van der Waals surface area contributed by atoms with Crippen LogP contribution in [0.3, 0.4) is 0 Å². The Morgan fingerprint density at radius 2 is 2.27 bits per heavy atom. The van der Waals surface area contributed by atoms with Gasteiger partial charge in [-0.3, -0.25) is 4.79 Å². The van der Waals surface area contributed by atoms with Crippen molar-refractivity contribution in [3.8, 4) is 5.75 Å². The number of phenols is 1. The van der Waals surface area contributed by atoms with Crippen molar-refractivity contribution in [3.63, 3.8) is 0 Å². The van der Waals surface area contributed by atoms with E-state index in [0.29, 0.717) is 12.0 Å². The van der Waals surface area contributed by atoms with Gasteiger partial charge in [-0.15, -0.1) is 10.1 Å². The van der Waals surface area contributed by atoms with Gasteiger partial charge in [-0.1, -0.05) is 13.0 Å². The van der Waals surface area contributed by atoms with Crippen LogP contribution in [-0.2, 0) is 11.3 Å². The van der Waals surface area contributed by atoms with E-state index in [1.807, 2.05) is 6.92 Å². The molecular weight excluding hydrogens is 202 g/mol. The molecule has 0 amide bonds. The summed E-state index contributed by atoms with van der Waals surface area (Å²) >= 11 is 0. The van der Waals surface area contributed by atoms with Crippen LogP contribution in [0.4, 0.5) is 0 Å². The minimum Gasteiger partial charge on any atom is -0.508 e. The minimum atomic E-state index is -1.19. The fourth-order valence-corrected chi connectivity index (χ4v) is 1.11. The molecule has 1 aromatic carbocycles. The van der Waals surface area contributed by atoms with Gasteiger partial charge >= 0.3 is 11.1 Å². The average molecular weight is 211 g/mol. The molecule has 1 N–H and O–H groups in total. The lowest BCUT2D eigenvalue weighted by Gasteiger charge is -2.03. The zero-order chi connectivity index (χ0) is 11.4. The first-order valence-corrected chi connectivity index (χ1v) is 4.23. The topological polar surface area (TPSA) is 89.7 Å². The number of carbonyl (C=O) groups excluding carboxylic acids is 1. The van der Waals surface area contributed by atoms with Crippen LogP contribution in [0.25, 0.3) is 0 Å². The van der Waals surface area contributed by atoms with Gasteiger partial charge in [-0.25, -0.2) is 4.84 Å². The molecular formula is C9H9NO5. The highest BCUT2D eigenvalue weighted by Gasteiger charge is 2.12. The van der Waals surface area contributed by atoms with Crippen molar-refractivity contribution in [1.29, 1.82) is 0 Å². The Bertz CT molecular complexity index is 401. The summed E-state index contributed by atoms with van der Waals surface area (Å²) in [5, 5.41) is 18.1. The molecule has 0 unspecified atom stereocenters. The third-order valence-corrected chi connectivity index (χ3v) is 1.86. The van der Waals surface area contributed by atoms with E-state index in [0.717, 1.165) is 6.07 Å². The lowest BCUT2D eigenvalue weighted by atomic mass is 10.1. The number of hydrogen-bond acceptors (Lipinski definition) is 5. The standard InChI is InChI=1S/C9H9NO5/c1-2-6-3-4-7(5-8(6)11)9(12)15-10(13)14/h3-5,11H,2H2,1H3. The lowest BCUT2D eigenvalue weighted by molar-refractivity contribution is -0.727. The zero-order valence-corrected chi connectivity index (χ0v) is 7.97. The molecule has 1 rings (SSSR count). The number of rotatable bonds is 3. The Balaban J connectivity index is 2.92. The molecule has 6 nitrogen and oxygen atoms in total. The molecule has 0 fully saturated rings. The van der Waals surface area contributed by atoms with Gasteiger partial charge in [0.1, 0.15) is 5.75 Å². The summed E-state index contributed by atoms with van der Waals surface area (Å²) in [5.41, 5.74) is 0.606. The van der Waals surface area contributed by atoms with Gasteiger partial charge in [0, 0.05) is 5.56 Å². The molecule has 0 aromatic heterocycles. The van der Waals surface area contributed by atoms with E-state index >= 15 is 0 Å². The zero-order valence-electron chi connectivity index (χ0n) is 7.97. The lowest BCUT2D eigenvalue weighted by Crippen LogP contribution is -2.10. The van der Waals surface area contributed by atoms with E-state index in [4.69, 9.17) is 0 Å². The molecule has 0 bridgehead atoms. The Kier molecular flexibility index (Phi) is 3.22. The molecule has 0 saturated heterocycles. The SMILES string of the molecule is CCc1ccc(C(=O)O[N+](=O)[O-])cc1O. The third-order valence-electron chi connectivity index (χ3n) is 1.86. The van der Waals surface area contributed by atoms with Gasteiger partial charge in [0.05, 0.1) is 0 Å². The van der Waals surface area contributed by atoms with Gasteiger partial charge in [0.15, 0.2) is 0 Å². The number of nitrogens with zero attached hydrogens (tertiary/aromatic N) is 1. The fourth-order valence-electron chi connectivity index (χ4n) is 1.11. The van der Waals surface area contributed by atoms with Crippen molar-refractivity contribution in [2.75, 3.05) is 0 Å². The number of benzene rings is 1. The smallest absolute Gasteiger partial charge is 0.334 e. The average Bonchev–Trinajstić information content (AvgIpc) is 2.16. The highest BCUT2D eigenvalue weighted by atomic mass is 17.0. The second-order valence-electron chi connectivity index (χ2n) is 2.80. The Hall–Kier alpha value is -2.11. The molecule has 80 valence electrons. The van der Waals surface area contributed by atoms with Crippen molar-refractivity contribution in [2.45, 2.75) is 13.3 Å². The summed E-state index contributed by atoms with van der Waals surface area (Å²) in [6.07, 6.45) is 0.608. The Morgan fingerprint density at radius 3 is 2.73 bits per heavy atom. The molecule has 0 atom stereocenters. The van der Waals surface area contributed by atoms with Crippen LogP contribution in [0, 0.1) is 10.1 Å². The first-order valence-electron chi connectivity index (χ1n) is 4.23. The maximum absolute atomic E-state index is 11.0. The summed E-state index contributed by atoms with van der Waals surface area (Å²) in [4.78, 5) is 24.7. The first-order chi connectivity index (χ1) is 7.04. The largest absolute Gasteiger partial charge is 0.508 e. The Labute approximate surface area is 85.2 Å². The molecule has 0 aliphatic heterocycles. The summed E-state index contributed by atoms with van der Waals surface area (Å²) in [7, 11) is 0. The summed E-state index contributed by atoms with van der Waals surface area (Å²) in [5.74, 6) is -1.17. The molecule has 0 saturated carbocycles. The number of phenolic OH excluding ortho intramolecular Hbond substituents is 1. The predicted octanol–water partition coefficient (Wildman–Crippen LogP) is 1.30. The highest BCUT2D eigenvalue weighted by Crippen LogP contribution is 2.19. The highest BCUT2D eigenvalue weighted by molar-refractivity contribution is 5.89. The van der Waals surface area contributed by atoms with Crippen LogP contribution in [-0.4, -0.2) is 16.2 Å². The first kappa shape index (κ1) is 11.0. The maximum atomic E-state index is 11.0. The van der Waals surface area contributed by atoms with Crippen molar-refractivity contribution in [3.05, 3.63) is 39.4 Å². The number of carbonyl (C=O) groups is 1. The minimum absolute atomic E-state index is 0.0543.